The zero-order chi connectivity index (χ0) is 11.1. The van der Waals surface area contributed by atoms with Gasteiger partial charge in [-0.15, -0.1) is 12.4 Å². The zero-order valence-corrected chi connectivity index (χ0v) is 10.0. The fourth-order valence-corrected chi connectivity index (χ4v) is 2.52. The van der Waals surface area contributed by atoms with E-state index >= 15 is 0 Å². The smallest absolute Gasteiger partial charge is 0.262 e. The Labute approximate surface area is 100.0 Å². The molecule has 16 heavy (non-hydrogen) atoms. The highest BCUT2D eigenvalue weighted by Crippen LogP contribution is 2.30. The molecule has 2 atom stereocenters. The third-order valence-electron chi connectivity index (χ3n) is 3.23. The Morgan fingerprint density at radius 2 is 2.19 bits per heavy atom. The summed E-state index contributed by atoms with van der Waals surface area (Å²) in [5.41, 5.74) is 0. The van der Waals surface area contributed by atoms with Gasteiger partial charge in [-0.25, -0.2) is 8.78 Å². The lowest BCUT2D eigenvalue weighted by molar-refractivity contribution is -0.134. The number of nitrogens with zero attached hydrogens (tertiary/aromatic N) is 1. The van der Waals surface area contributed by atoms with E-state index < -0.39 is 5.92 Å². The summed E-state index contributed by atoms with van der Waals surface area (Å²) in [6.07, 6.45) is 1.10. The highest BCUT2D eigenvalue weighted by molar-refractivity contribution is 5.85. The predicted octanol–water partition coefficient (Wildman–Crippen LogP) is 1.42. The van der Waals surface area contributed by atoms with Crippen LogP contribution in [0, 0.1) is 0 Å². The van der Waals surface area contributed by atoms with Crippen molar-refractivity contribution in [2.75, 3.05) is 13.1 Å². The minimum absolute atomic E-state index is 0. The first-order chi connectivity index (χ1) is 6.99. The molecule has 6 heteroatoms. The molecule has 1 amide bonds. The number of carbonyl (C=O) groups excluding carboxylic acids is 1. The maximum atomic E-state index is 13.2. The summed E-state index contributed by atoms with van der Waals surface area (Å²) in [5.74, 6) is -2.65. The van der Waals surface area contributed by atoms with Gasteiger partial charge in [-0.1, -0.05) is 0 Å². The maximum Gasteiger partial charge on any atom is 0.262 e. The van der Waals surface area contributed by atoms with Gasteiger partial charge in [0.1, 0.15) is 0 Å². The minimum atomic E-state index is -2.68. The Morgan fingerprint density at radius 3 is 2.69 bits per heavy atom. The molecule has 2 heterocycles. The van der Waals surface area contributed by atoms with Crippen LogP contribution in [0.3, 0.4) is 0 Å². The number of hydrogen-bond acceptors (Lipinski definition) is 2. The summed E-state index contributed by atoms with van der Waals surface area (Å²) in [7, 11) is 0. The summed E-state index contributed by atoms with van der Waals surface area (Å²) < 4.78 is 26.3. The van der Waals surface area contributed by atoms with E-state index in [0.29, 0.717) is 13.0 Å². The Bertz CT molecular complexity index is 276. The molecule has 1 N–H and O–H groups in total. The number of likely N-dealkylation sites (tertiary alicyclic amines) is 1. The van der Waals surface area contributed by atoms with Crippen LogP contribution in [0.1, 0.15) is 26.2 Å². The standard InChI is InChI=1S/C10H16F2N2O.ClH/c1-7-2-3-9(15)14(7)8-4-10(11,12)6-13-5-8;/h7-8,13H,2-6H2,1H3;1H/t7?,8-;/m0./s1. The lowest BCUT2D eigenvalue weighted by Gasteiger charge is -2.37. The molecule has 0 aromatic heterocycles. The first-order valence-electron chi connectivity index (χ1n) is 5.39. The number of alkyl halides is 2. The van der Waals surface area contributed by atoms with Gasteiger partial charge in [0.05, 0.1) is 12.6 Å². The first-order valence-corrected chi connectivity index (χ1v) is 5.39. The Balaban J connectivity index is 0.00000128. The molecule has 0 aliphatic carbocycles. The molecule has 94 valence electrons. The number of rotatable bonds is 1. The highest BCUT2D eigenvalue weighted by atomic mass is 35.5. The van der Waals surface area contributed by atoms with Crippen LogP contribution in [0.15, 0.2) is 0 Å². The number of carbonyl (C=O) groups is 1. The molecule has 0 aromatic carbocycles. The fraction of sp³-hybridized carbons (Fsp3) is 0.900. The van der Waals surface area contributed by atoms with E-state index in [4.69, 9.17) is 0 Å². The van der Waals surface area contributed by atoms with Gasteiger partial charge in [0.15, 0.2) is 0 Å². The highest BCUT2D eigenvalue weighted by Gasteiger charge is 2.42. The molecule has 0 bridgehead atoms. The van der Waals surface area contributed by atoms with Crippen LogP contribution in [-0.2, 0) is 4.79 Å². The molecule has 1 unspecified atom stereocenters. The van der Waals surface area contributed by atoms with Crippen LogP contribution in [0.2, 0.25) is 0 Å². The summed E-state index contributed by atoms with van der Waals surface area (Å²) in [6, 6.07) is -0.225. The van der Waals surface area contributed by atoms with Crippen molar-refractivity contribution in [3.8, 4) is 0 Å². The Kier molecular flexibility index (Phi) is 4.12. The van der Waals surface area contributed by atoms with Gasteiger partial charge < -0.3 is 10.2 Å². The van der Waals surface area contributed by atoms with Crippen LogP contribution in [0.5, 0.6) is 0 Å². The van der Waals surface area contributed by atoms with E-state index in [9.17, 15) is 13.6 Å². The fourth-order valence-electron chi connectivity index (χ4n) is 2.52. The predicted molar refractivity (Wildman–Crippen MR) is 59.0 cm³/mol. The van der Waals surface area contributed by atoms with Gasteiger partial charge in [0.2, 0.25) is 5.91 Å². The van der Waals surface area contributed by atoms with E-state index in [0.717, 1.165) is 6.42 Å². The summed E-state index contributed by atoms with van der Waals surface area (Å²) in [4.78, 5) is 13.2. The number of amides is 1. The van der Waals surface area contributed by atoms with Gasteiger partial charge >= 0.3 is 0 Å². The minimum Gasteiger partial charge on any atom is -0.335 e. The molecule has 3 nitrogen and oxygen atoms in total. The van der Waals surface area contributed by atoms with Crippen LogP contribution in [0.4, 0.5) is 8.78 Å². The van der Waals surface area contributed by atoms with Crippen LogP contribution >= 0.6 is 12.4 Å². The van der Waals surface area contributed by atoms with Crippen molar-refractivity contribution in [1.82, 2.24) is 10.2 Å². The average molecular weight is 255 g/mol. The lowest BCUT2D eigenvalue weighted by Crippen LogP contribution is -2.55. The largest absolute Gasteiger partial charge is 0.335 e. The van der Waals surface area contributed by atoms with Crippen molar-refractivity contribution in [2.45, 2.75) is 44.2 Å². The van der Waals surface area contributed by atoms with Crippen molar-refractivity contribution < 1.29 is 13.6 Å². The number of halogens is 3. The van der Waals surface area contributed by atoms with E-state index in [1.807, 2.05) is 6.92 Å². The monoisotopic (exact) mass is 254 g/mol. The Morgan fingerprint density at radius 1 is 1.50 bits per heavy atom. The van der Waals surface area contributed by atoms with Crippen LogP contribution in [0.25, 0.3) is 0 Å². The molecule has 2 fully saturated rings. The maximum absolute atomic E-state index is 13.2. The topological polar surface area (TPSA) is 32.3 Å². The van der Waals surface area contributed by atoms with Gasteiger partial charge in [-0.2, -0.15) is 0 Å². The van der Waals surface area contributed by atoms with Crippen molar-refractivity contribution in [2.24, 2.45) is 0 Å². The molecule has 2 rings (SSSR count). The molecule has 2 saturated heterocycles. The van der Waals surface area contributed by atoms with E-state index in [2.05, 4.69) is 5.32 Å². The molecule has 2 aliphatic rings. The second-order valence-corrected chi connectivity index (χ2v) is 4.53. The first kappa shape index (κ1) is 13.6. The molecular weight excluding hydrogens is 238 g/mol. The van der Waals surface area contributed by atoms with Crippen molar-refractivity contribution in [3.63, 3.8) is 0 Å². The number of nitrogens with one attached hydrogen (secondary N) is 1. The lowest BCUT2D eigenvalue weighted by atomic mass is 10.0. The summed E-state index contributed by atoms with van der Waals surface area (Å²) >= 11 is 0. The second kappa shape index (κ2) is 4.84. The molecular formula is C10H17ClF2N2O. The van der Waals surface area contributed by atoms with Crippen LogP contribution < -0.4 is 5.32 Å². The van der Waals surface area contributed by atoms with Crippen molar-refractivity contribution in [3.05, 3.63) is 0 Å². The normalized spacial score (nSPS) is 33.7. The zero-order valence-electron chi connectivity index (χ0n) is 9.21. The van der Waals surface area contributed by atoms with Crippen molar-refractivity contribution in [1.29, 1.82) is 0 Å². The van der Waals surface area contributed by atoms with E-state index in [1.165, 1.54) is 0 Å². The third-order valence-corrected chi connectivity index (χ3v) is 3.23. The van der Waals surface area contributed by atoms with Gasteiger partial charge in [0, 0.05) is 25.4 Å². The van der Waals surface area contributed by atoms with Crippen molar-refractivity contribution >= 4 is 18.3 Å². The summed E-state index contributed by atoms with van der Waals surface area (Å²) in [6.45, 7) is 2.16. The molecule has 0 saturated carbocycles. The SMILES string of the molecule is CC1CCC(=O)N1[C@@H]1CNCC(F)(F)C1.Cl. The molecule has 2 aliphatic heterocycles. The summed E-state index contributed by atoms with van der Waals surface area (Å²) in [5, 5.41) is 2.70. The molecule has 0 spiro atoms. The van der Waals surface area contributed by atoms with Gasteiger partial charge in [0.25, 0.3) is 5.92 Å². The average Bonchev–Trinajstić information content (AvgIpc) is 2.44. The molecule has 0 aromatic rings. The van der Waals surface area contributed by atoms with E-state index in [1.54, 1.807) is 4.90 Å². The van der Waals surface area contributed by atoms with Gasteiger partial charge in [-0.3, -0.25) is 4.79 Å². The van der Waals surface area contributed by atoms with Gasteiger partial charge in [-0.05, 0) is 13.3 Å². The van der Waals surface area contributed by atoms with Crippen LogP contribution in [-0.4, -0.2) is 41.9 Å². The molecule has 0 radical (unpaired) electrons. The number of hydrogen-bond donors (Lipinski definition) is 1. The Hall–Kier alpha value is -0.420. The quantitative estimate of drug-likeness (QED) is 0.768. The number of piperidine rings is 1. The third kappa shape index (κ3) is 2.63. The van der Waals surface area contributed by atoms with E-state index in [-0.39, 0.29) is 43.4 Å². The second-order valence-electron chi connectivity index (χ2n) is 4.53.